The van der Waals surface area contributed by atoms with Crippen LogP contribution < -0.4 is 0 Å². The highest BCUT2D eigenvalue weighted by Crippen LogP contribution is 2.33. The fourth-order valence-corrected chi connectivity index (χ4v) is 3.39. The van der Waals surface area contributed by atoms with Crippen molar-refractivity contribution in [2.75, 3.05) is 0 Å². The third kappa shape index (κ3) is 3.05. The molecule has 0 saturated heterocycles. The van der Waals surface area contributed by atoms with Crippen molar-refractivity contribution < 1.29 is 14.3 Å². The minimum absolute atomic E-state index is 0.0608. The average molecular weight is 284 g/mol. The number of nitrogens with zero attached hydrogens (tertiary/aromatic N) is 2. The van der Waals surface area contributed by atoms with Crippen molar-refractivity contribution in [3.05, 3.63) is 34.7 Å². The lowest BCUT2D eigenvalue weighted by Gasteiger charge is -1.96. The smallest absolute Gasteiger partial charge is 0.308 e. The molecule has 4 nitrogen and oxygen atoms in total. The van der Waals surface area contributed by atoms with E-state index in [2.05, 4.69) is 9.97 Å². The van der Waals surface area contributed by atoms with Gasteiger partial charge in [-0.2, -0.15) is 0 Å². The first kappa shape index (κ1) is 13.0. The summed E-state index contributed by atoms with van der Waals surface area (Å²) in [6.45, 7) is 1.74. The van der Waals surface area contributed by atoms with E-state index in [1.165, 1.54) is 29.7 Å². The van der Waals surface area contributed by atoms with Gasteiger partial charge in [0.15, 0.2) is 10.2 Å². The highest BCUT2D eigenvalue weighted by Gasteiger charge is 2.13. The van der Waals surface area contributed by atoms with E-state index in [-0.39, 0.29) is 11.4 Å². The van der Waals surface area contributed by atoms with Crippen LogP contribution in [0, 0.1) is 12.7 Å². The lowest BCUT2D eigenvalue weighted by Crippen LogP contribution is -1.99. The number of aliphatic carboxylic acids is 1. The van der Waals surface area contributed by atoms with Gasteiger partial charge in [0.25, 0.3) is 0 Å². The molecule has 0 fully saturated rings. The van der Waals surface area contributed by atoms with Gasteiger partial charge in [0.1, 0.15) is 5.03 Å². The summed E-state index contributed by atoms with van der Waals surface area (Å²) in [5.74, 6) is -1.31. The second-order valence-electron chi connectivity index (χ2n) is 3.45. The molecule has 0 aliphatic carbocycles. The first-order valence-corrected chi connectivity index (χ1v) is 6.66. The van der Waals surface area contributed by atoms with Crippen molar-refractivity contribution in [2.45, 2.75) is 22.7 Å². The van der Waals surface area contributed by atoms with Gasteiger partial charge >= 0.3 is 5.97 Å². The molecule has 2 aromatic heterocycles. The lowest BCUT2D eigenvalue weighted by atomic mass is 10.3. The molecule has 2 heterocycles. The predicted molar refractivity (Wildman–Crippen MR) is 66.5 cm³/mol. The van der Waals surface area contributed by atoms with Crippen LogP contribution in [0.4, 0.5) is 4.39 Å². The van der Waals surface area contributed by atoms with E-state index in [4.69, 9.17) is 5.11 Å². The zero-order valence-corrected chi connectivity index (χ0v) is 11.0. The van der Waals surface area contributed by atoms with Gasteiger partial charge in [0, 0.05) is 11.1 Å². The van der Waals surface area contributed by atoms with Crippen LogP contribution in [0.2, 0.25) is 0 Å². The van der Waals surface area contributed by atoms with E-state index in [1.54, 1.807) is 6.92 Å². The molecule has 7 heteroatoms. The van der Waals surface area contributed by atoms with E-state index in [1.807, 2.05) is 0 Å². The molecular weight excluding hydrogens is 275 g/mol. The van der Waals surface area contributed by atoms with Gasteiger partial charge in [-0.25, -0.2) is 14.4 Å². The Kier molecular flexibility index (Phi) is 3.93. The average Bonchev–Trinajstić information content (AvgIpc) is 2.62. The van der Waals surface area contributed by atoms with Crippen LogP contribution in [0.3, 0.4) is 0 Å². The van der Waals surface area contributed by atoms with E-state index >= 15 is 0 Å². The monoisotopic (exact) mass is 284 g/mol. The van der Waals surface area contributed by atoms with Crippen molar-refractivity contribution in [2.24, 2.45) is 0 Å². The summed E-state index contributed by atoms with van der Waals surface area (Å²) in [4.78, 5) is 19.4. The van der Waals surface area contributed by atoms with Gasteiger partial charge in [-0.15, -0.1) is 11.3 Å². The molecule has 0 aliphatic rings. The highest BCUT2D eigenvalue weighted by molar-refractivity contribution is 8.01. The second kappa shape index (κ2) is 5.45. The summed E-state index contributed by atoms with van der Waals surface area (Å²) in [6.07, 6.45) is 1.44. The Balaban J connectivity index is 2.20. The van der Waals surface area contributed by atoms with E-state index < -0.39 is 11.8 Å². The number of carboxylic acids is 1. The first-order chi connectivity index (χ1) is 8.56. The van der Waals surface area contributed by atoms with Crippen LogP contribution in [0.25, 0.3) is 0 Å². The Morgan fingerprint density at radius 1 is 1.61 bits per heavy atom. The van der Waals surface area contributed by atoms with Gasteiger partial charge in [-0.05, 0) is 30.8 Å². The zero-order chi connectivity index (χ0) is 13.1. The first-order valence-electron chi connectivity index (χ1n) is 5.02. The summed E-state index contributed by atoms with van der Waals surface area (Å²) in [5.41, 5.74) is 0.668. The van der Waals surface area contributed by atoms with Crippen molar-refractivity contribution >= 4 is 29.1 Å². The number of aryl methyl sites for hydroxylation is 1. The number of rotatable bonds is 4. The minimum Gasteiger partial charge on any atom is -0.481 e. The molecule has 2 aromatic rings. The number of thiazole rings is 1. The maximum Gasteiger partial charge on any atom is 0.308 e. The van der Waals surface area contributed by atoms with Gasteiger partial charge in [-0.3, -0.25) is 4.79 Å². The normalized spacial score (nSPS) is 10.6. The maximum atomic E-state index is 13.4. The number of carbonyl (C=O) groups is 1. The highest BCUT2D eigenvalue weighted by atomic mass is 32.2. The zero-order valence-electron chi connectivity index (χ0n) is 9.38. The Hall–Kier alpha value is -1.47. The van der Waals surface area contributed by atoms with Gasteiger partial charge in [0.05, 0.1) is 12.1 Å². The molecule has 2 rings (SSSR count). The van der Waals surface area contributed by atoms with Crippen LogP contribution >= 0.6 is 23.1 Å². The summed E-state index contributed by atoms with van der Waals surface area (Å²) in [5, 5.41) is 8.98. The minimum atomic E-state index is -0.901. The molecule has 0 aliphatic heterocycles. The molecule has 94 valence electrons. The number of hydrogen-bond donors (Lipinski definition) is 1. The molecule has 0 radical (unpaired) electrons. The summed E-state index contributed by atoms with van der Waals surface area (Å²) < 4.78 is 14.0. The van der Waals surface area contributed by atoms with Gasteiger partial charge in [0.2, 0.25) is 0 Å². The summed E-state index contributed by atoms with van der Waals surface area (Å²) in [7, 11) is 0. The standard InChI is InChI=1S/C11H9FN2O2S2/c1-6-8(5-9(15)16)17-11(14-6)18-10-7(12)3-2-4-13-10/h2-4H,5H2,1H3,(H,15,16). The second-order valence-corrected chi connectivity index (χ2v) is 5.77. The molecule has 0 atom stereocenters. The molecular formula is C11H9FN2O2S2. The molecule has 18 heavy (non-hydrogen) atoms. The fraction of sp³-hybridized carbons (Fsp3) is 0.182. The topological polar surface area (TPSA) is 63.1 Å². The molecule has 0 unspecified atom stereocenters. The quantitative estimate of drug-likeness (QED) is 0.935. The number of aromatic nitrogens is 2. The van der Waals surface area contributed by atoms with Gasteiger partial charge < -0.3 is 5.11 Å². The van der Waals surface area contributed by atoms with Crippen LogP contribution in [-0.2, 0) is 11.2 Å². The van der Waals surface area contributed by atoms with Crippen molar-refractivity contribution in [1.29, 1.82) is 0 Å². The van der Waals surface area contributed by atoms with Crippen LogP contribution in [-0.4, -0.2) is 21.0 Å². The van der Waals surface area contributed by atoms with Crippen molar-refractivity contribution in [1.82, 2.24) is 9.97 Å². The molecule has 0 amide bonds. The largest absolute Gasteiger partial charge is 0.481 e. The fourth-order valence-electron chi connectivity index (χ4n) is 1.28. The number of carboxylic acid groups (broad SMARTS) is 1. The third-order valence-corrected chi connectivity index (χ3v) is 4.31. The Morgan fingerprint density at radius 3 is 3.06 bits per heavy atom. The Labute approximate surface area is 111 Å². The van der Waals surface area contributed by atoms with Crippen molar-refractivity contribution in [3.8, 4) is 0 Å². The maximum absolute atomic E-state index is 13.4. The Morgan fingerprint density at radius 2 is 2.39 bits per heavy atom. The van der Waals surface area contributed by atoms with E-state index in [0.717, 1.165) is 11.8 Å². The van der Waals surface area contributed by atoms with E-state index in [0.29, 0.717) is 14.9 Å². The lowest BCUT2D eigenvalue weighted by molar-refractivity contribution is -0.136. The SMILES string of the molecule is Cc1nc(Sc2ncccc2F)sc1CC(=O)O. The molecule has 0 aromatic carbocycles. The predicted octanol–water partition coefficient (Wildman–Crippen LogP) is 2.76. The number of halogens is 1. The van der Waals surface area contributed by atoms with Crippen LogP contribution in [0.1, 0.15) is 10.6 Å². The Bertz CT molecular complexity index is 586. The van der Waals surface area contributed by atoms with E-state index in [9.17, 15) is 9.18 Å². The van der Waals surface area contributed by atoms with Gasteiger partial charge in [-0.1, -0.05) is 0 Å². The molecule has 0 bridgehead atoms. The van der Waals surface area contributed by atoms with Crippen molar-refractivity contribution in [3.63, 3.8) is 0 Å². The van der Waals surface area contributed by atoms with Crippen LogP contribution in [0.15, 0.2) is 27.7 Å². The number of hydrogen-bond acceptors (Lipinski definition) is 5. The number of pyridine rings is 1. The summed E-state index contributed by atoms with van der Waals surface area (Å²) >= 11 is 2.36. The third-order valence-electron chi connectivity index (χ3n) is 2.09. The van der Waals surface area contributed by atoms with Crippen LogP contribution in [0.5, 0.6) is 0 Å². The molecule has 1 N–H and O–H groups in total. The molecule has 0 saturated carbocycles. The molecule has 0 spiro atoms. The summed E-state index contributed by atoms with van der Waals surface area (Å²) in [6, 6.07) is 2.84.